The Bertz CT molecular complexity index is 292. The van der Waals surface area contributed by atoms with Crippen molar-refractivity contribution in [1.29, 1.82) is 0 Å². The number of rotatable bonds is 1. The second kappa shape index (κ2) is 5.47. The molecule has 0 bridgehead atoms. The van der Waals surface area contributed by atoms with Crippen molar-refractivity contribution in [2.24, 2.45) is 5.92 Å². The molecule has 0 aromatic carbocycles. The first-order valence-electron chi connectivity index (χ1n) is 7.26. The van der Waals surface area contributed by atoms with E-state index < -0.39 is 0 Å². The van der Waals surface area contributed by atoms with Gasteiger partial charge in [0.25, 0.3) is 0 Å². The third-order valence-corrected chi connectivity index (χ3v) is 3.89. The molecule has 104 valence electrons. The number of piperidine rings is 1. The van der Waals surface area contributed by atoms with Crippen molar-refractivity contribution < 1.29 is 4.79 Å². The zero-order chi connectivity index (χ0) is 13.2. The van der Waals surface area contributed by atoms with E-state index in [1.807, 2.05) is 25.7 Å². The van der Waals surface area contributed by atoms with Gasteiger partial charge in [-0.1, -0.05) is 0 Å². The van der Waals surface area contributed by atoms with Crippen molar-refractivity contribution >= 4 is 6.03 Å². The second-order valence-corrected chi connectivity index (χ2v) is 6.73. The summed E-state index contributed by atoms with van der Waals surface area (Å²) in [7, 11) is 0. The molecule has 0 spiro atoms. The molecule has 2 atom stereocenters. The maximum absolute atomic E-state index is 12.2. The summed E-state index contributed by atoms with van der Waals surface area (Å²) in [5.74, 6) is 0.645. The van der Waals surface area contributed by atoms with Crippen molar-refractivity contribution in [1.82, 2.24) is 15.5 Å². The summed E-state index contributed by atoms with van der Waals surface area (Å²) in [6.07, 6.45) is 4.96. The third-order valence-electron chi connectivity index (χ3n) is 3.89. The Labute approximate surface area is 110 Å². The summed E-state index contributed by atoms with van der Waals surface area (Å²) in [5.41, 5.74) is -0.143. The van der Waals surface area contributed by atoms with E-state index >= 15 is 0 Å². The minimum atomic E-state index is -0.143. The monoisotopic (exact) mass is 253 g/mol. The first-order valence-corrected chi connectivity index (χ1v) is 7.26. The number of hydrogen-bond donors (Lipinski definition) is 2. The molecule has 2 N–H and O–H groups in total. The molecule has 0 radical (unpaired) electrons. The predicted octanol–water partition coefficient (Wildman–Crippen LogP) is 1.96. The molecule has 4 nitrogen and oxygen atoms in total. The third kappa shape index (κ3) is 3.61. The largest absolute Gasteiger partial charge is 0.333 e. The number of carbonyl (C=O) groups excluding carboxylic acids is 1. The van der Waals surface area contributed by atoms with Gasteiger partial charge in [-0.3, -0.25) is 0 Å². The molecule has 18 heavy (non-hydrogen) atoms. The first kappa shape index (κ1) is 13.7. The molecule has 2 aliphatic rings. The zero-order valence-electron chi connectivity index (χ0n) is 12.0. The Morgan fingerprint density at radius 3 is 2.67 bits per heavy atom. The normalized spacial score (nSPS) is 29.4. The van der Waals surface area contributed by atoms with Crippen molar-refractivity contribution in [2.45, 2.75) is 58.0 Å². The van der Waals surface area contributed by atoms with E-state index in [9.17, 15) is 4.79 Å². The van der Waals surface area contributed by atoms with Crippen LogP contribution in [0.1, 0.15) is 46.5 Å². The van der Waals surface area contributed by atoms with Gasteiger partial charge in [-0.25, -0.2) is 4.79 Å². The van der Waals surface area contributed by atoms with Crippen molar-refractivity contribution in [3.8, 4) is 0 Å². The van der Waals surface area contributed by atoms with Crippen LogP contribution in [0.4, 0.5) is 4.79 Å². The van der Waals surface area contributed by atoms with Gasteiger partial charge in [0.1, 0.15) is 0 Å². The molecular weight excluding hydrogens is 226 g/mol. The molecule has 0 aromatic rings. The number of amides is 2. The Hall–Kier alpha value is -0.770. The van der Waals surface area contributed by atoms with Gasteiger partial charge in [-0.15, -0.1) is 0 Å². The fourth-order valence-electron chi connectivity index (χ4n) is 3.04. The average Bonchev–Trinajstić information content (AvgIpc) is 2.80. The van der Waals surface area contributed by atoms with Gasteiger partial charge in [0.15, 0.2) is 0 Å². The SMILES string of the molecule is CC(C)(C)NC(=O)N1CCCC(C2CCCN2)C1. The summed E-state index contributed by atoms with van der Waals surface area (Å²) in [5, 5.41) is 6.64. The summed E-state index contributed by atoms with van der Waals surface area (Å²) < 4.78 is 0. The van der Waals surface area contributed by atoms with Crippen LogP contribution in [-0.4, -0.2) is 42.1 Å². The van der Waals surface area contributed by atoms with Crippen LogP contribution >= 0.6 is 0 Å². The first-order chi connectivity index (χ1) is 8.46. The zero-order valence-corrected chi connectivity index (χ0v) is 12.0. The second-order valence-electron chi connectivity index (χ2n) is 6.73. The predicted molar refractivity (Wildman–Crippen MR) is 73.6 cm³/mol. The van der Waals surface area contributed by atoms with E-state index in [-0.39, 0.29) is 11.6 Å². The lowest BCUT2D eigenvalue weighted by Gasteiger charge is -2.37. The topological polar surface area (TPSA) is 44.4 Å². The highest BCUT2D eigenvalue weighted by Gasteiger charge is 2.31. The van der Waals surface area contributed by atoms with Crippen LogP contribution in [-0.2, 0) is 0 Å². The number of hydrogen-bond acceptors (Lipinski definition) is 2. The van der Waals surface area contributed by atoms with E-state index in [1.165, 1.54) is 19.3 Å². The number of nitrogens with one attached hydrogen (secondary N) is 2. The minimum Gasteiger partial charge on any atom is -0.333 e. The van der Waals surface area contributed by atoms with Crippen LogP contribution in [0.25, 0.3) is 0 Å². The van der Waals surface area contributed by atoms with Gasteiger partial charge in [-0.2, -0.15) is 0 Å². The summed E-state index contributed by atoms with van der Waals surface area (Å²) in [6.45, 7) is 9.07. The van der Waals surface area contributed by atoms with Crippen LogP contribution in [0.5, 0.6) is 0 Å². The van der Waals surface area contributed by atoms with Crippen molar-refractivity contribution in [3.63, 3.8) is 0 Å². The molecule has 2 saturated heterocycles. The standard InChI is InChI=1S/C14H27N3O/c1-14(2,3)16-13(18)17-9-5-6-11(10-17)12-7-4-8-15-12/h11-12,15H,4-10H2,1-3H3,(H,16,18). The summed E-state index contributed by atoms with van der Waals surface area (Å²) >= 11 is 0. The van der Waals surface area contributed by atoms with Crippen LogP contribution in [0.3, 0.4) is 0 Å². The van der Waals surface area contributed by atoms with Crippen molar-refractivity contribution in [2.75, 3.05) is 19.6 Å². The van der Waals surface area contributed by atoms with E-state index in [4.69, 9.17) is 0 Å². The van der Waals surface area contributed by atoms with Gasteiger partial charge >= 0.3 is 6.03 Å². The number of nitrogens with zero attached hydrogens (tertiary/aromatic N) is 1. The van der Waals surface area contributed by atoms with Gasteiger partial charge in [0.05, 0.1) is 0 Å². The van der Waals surface area contributed by atoms with Crippen molar-refractivity contribution in [3.05, 3.63) is 0 Å². The maximum Gasteiger partial charge on any atom is 0.317 e. The quantitative estimate of drug-likeness (QED) is 0.750. The lowest BCUT2D eigenvalue weighted by Crippen LogP contribution is -2.53. The molecule has 2 amide bonds. The van der Waals surface area contributed by atoms with Crippen LogP contribution in [0.2, 0.25) is 0 Å². The highest BCUT2D eigenvalue weighted by atomic mass is 16.2. The fourth-order valence-corrected chi connectivity index (χ4v) is 3.04. The van der Waals surface area contributed by atoms with E-state index in [0.717, 1.165) is 26.1 Å². The van der Waals surface area contributed by atoms with E-state index in [0.29, 0.717) is 12.0 Å². The number of carbonyl (C=O) groups is 1. The average molecular weight is 253 g/mol. The highest BCUT2D eigenvalue weighted by Crippen LogP contribution is 2.24. The summed E-state index contributed by atoms with van der Waals surface area (Å²) in [6, 6.07) is 0.737. The Kier molecular flexibility index (Phi) is 4.15. The Balaban J connectivity index is 1.87. The fraction of sp³-hybridized carbons (Fsp3) is 0.929. The Morgan fingerprint density at radius 1 is 1.28 bits per heavy atom. The van der Waals surface area contributed by atoms with E-state index in [1.54, 1.807) is 0 Å². The molecule has 2 rings (SSSR count). The van der Waals surface area contributed by atoms with E-state index in [2.05, 4.69) is 10.6 Å². The van der Waals surface area contributed by atoms with Gasteiger partial charge < -0.3 is 15.5 Å². The number of likely N-dealkylation sites (tertiary alicyclic amines) is 1. The maximum atomic E-state index is 12.2. The molecule has 4 heteroatoms. The molecule has 0 saturated carbocycles. The lowest BCUT2D eigenvalue weighted by atomic mass is 9.90. The smallest absolute Gasteiger partial charge is 0.317 e. The summed E-state index contributed by atoms with van der Waals surface area (Å²) in [4.78, 5) is 14.2. The molecular formula is C14H27N3O. The van der Waals surface area contributed by atoms with Gasteiger partial charge in [0, 0.05) is 24.7 Å². The molecule has 2 aliphatic heterocycles. The molecule has 0 aromatic heterocycles. The highest BCUT2D eigenvalue weighted by molar-refractivity contribution is 5.75. The molecule has 2 unspecified atom stereocenters. The van der Waals surface area contributed by atoms with Crippen LogP contribution in [0.15, 0.2) is 0 Å². The minimum absolute atomic E-state index is 0.102. The lowest BCUT2D eigenvalue weighted by molar-refractivity contribution is 0.147. The molecule has 0 aliphatic carbocycles. The van der Waals surface area contributed by atoms with Gasteiger partial charge in [0.2, 0.25) is 0 Å². The van der Waals surface area contributed by atoms with Gasteiger partial charge in [-0.05, 0) is 58.9 Å². The van der Waals surface area contributed by atoms with Crippen LogP contribution in [0, 0.1) is 5.92 Å². The number of urea groups is 1. The molecule has 2 fully saturated rings. The Morgan fingerprint density at radius 2 is 2.06 bits per heavy atom. The van der Waals surface area contributed by atoms with Crippen LogP contribution < -0.4 is 10.6 Å². The molecule has 2 heterocycles.